The van der Waals surface area contributed by atoms with Crippen molar-refractivity contribution in [1.29, 1.82) is 0 Å². The minimum Gasteiger partial charge on any atom is -0.507 e. The van der Waals surface area contributed by atoms with E-state index in [4.69, 9.17) is 16.3 Å². The van der Waals surface area contributed by atoms with Gasteiger partial charge in [0, 0.05) is 5.02 Å². The third kappa shape index (κ3) is 4.66. The summed E-state index contributed by atoms with van der Waals surface area (Å²) >= 11 is 5.65. The van der Waals surface area contributed by atoms with Gasteiger partial charge in [0.25, 0.3) is 5.91 Å². The van der Waals surface area contributed by atoms with Crippen molar-refractivity contribution in [2.45, 2.75) is 19.2 Å². The summed E-state index contributed by atoms with van der Waals surface area (Å²) in [5.74, 6) is -2.42. The molecule has 0 aliphatic heterocycles. The number of carbonyl (C=O) groups is 2. The Balaban J connectivity index is 2.10. The Morgan fingerprint density at radius 1 is 1.19 bits per heavy atom. The highest BCUT2D eigenvalue weighted by atomic mass is 35.5. The molecule has 0 saturated heterocycles. The first-order valence-corrected chi connectivity index (χ1v) is 7.64. The zero-order valence-corrected chi connectivity index (χ0v) is 14.1. The van der Waals surface area contributed by atoms with E-state index in [2.05, 4.69) is 5.32 Å². The molecule has 0 fully saturated rings. The SMILES string of the molecule is C[C@@H](OC(=O)c1ccc(Cl)cc1O)C(=O)Nc1ccccc1C(F)(F)F. The first kappa shape index (κ1) is 19.6. The van der Waals surface area contributed by atoms with E-state index in [1.165, 1.54) is 31.2 Å². The zero-order chi connectivity index (χ0) is 19.5. The number of benzene rings is 2. The molecule has 2 N–H and O–H groups in total. The largest absolute Gasteiger partial charge is 0.507 e. The number of nitrogens with one attached hydrogen (secondary N) is 1. The summed E-state index contributed by atoms with van der Waals surface area (Å²) in [7, 11) is 0. The fraction of sp³-hybridized carbons (Fsp3) is 0.176. The smallest absolute Gasteiger partial charge is 0.418 e. The van der Waals surface area contributed by atoms with Crippen molar-refractivity contribution in [3.05, 3.63) is 58.6 Å². The van der Waals surface area contributed by atoms with Crippen molar-refractivity contribution in [3.63, 3.8) is 0 Å². The van der Waals surface area contributed by atoms with E-state index in [9.17, 15) is 27.9 Å². The van der Waals surface area contributed by atoms with Crippen LogP contribution in [0.5, 0.6) is 5.75 Å². The lowest BCUT2D eigenvalue weighted by atomic mass is 10.1. The highest BCUT2D eigenvalue weighted by molar-refractivity contribution is 6.30. The highest BCUT2D eigenvalue weighted by Gasteiger charge is 2.34. The van der Waals surface area contributed by atoms with Crippen LogP contribution >= 0.6 is 11.6 Å². The third-order valence-corrected chi connectivity index (χ3v) is 3.56. The topological polar surface area (TPSA) is 75.6 Å². The summed E-state index contributed by atoms with van der Waals surface area (Å²) < 4.78 is 43.7. The predicted octanol–water partition coefficient (Wildman–Crippen LogP) is 4.25. The van der Waals surface area contributed by atoms with Gasteiger partial charge in [-0.1, -0.05) is 23.7 Å². The van der Waals surface area contributed by atoms with Crippen LogP contribution in [0.3, 0.4) is 0 Å². The number of anilines is 1. The van der Waals surface area contributed by atoms with Gasteiger partial charge >= 0.3 is 12.1 Å². The van der Waals surface area contributed by atoms with Gasteiger partial charge in [0.1, 0.15) is 11.3 Å². The molecule has 26 heavy (non-hydrogen) atoms. The number of para-hydroxylation sites is 1. The average molecular weight is 388 g/mol. The molecule has 0 saturated carbocycles. The number of esters is 1. The Morgan fingerprint density at radius 2 is 1.85 bits per heavy atom. The van der Waals surface area contributed by atoms with Gasteiger partial charge in [-0.15, -0.1) is 0 Å². The van der Waals surface area contributed by atoms with Gasteiger partial charge in [0.15, 0.2) is 6.10 Å². The number of phenols is 1. The number of hydrogen-bond donors (Lipinski definition) is 2. The van der Waals surface area contributed by atoms with E-state index >= 15 is 0 Å². The van der Waals surface area contributed by atoms with Gasteiger partial charge < -0.3 is 15.2 Å². The Hall–Kier alpha value is -2.74. The van der Waals surface area contributed by atoms with Crippen LogP contribution in [0.15, 0.2) is 42.5 Å². The average Bonchev–Trinajstić information content (AvgIpc) is 2.54. The normalized spacial score (nSPS) is 12.3. The van der Waals surface area contributed by atoms with Crippen molar-refractivity contribution in [2.24, 2.45) is 0 Å². The van der Waals surface area contributed by atoms with Crippen LogP contribution in [-0.4, -0.2) is 23.1 Å². The second-order valence-corrected chi connectivity index (χ2v) is 5.68. The van der Waals surface area contributed by atoms with E-state index in [-0.39, 0.29) is 10.6 Å². The lowest BCUT2D eigenvalue weighted by Gasteiger charge is -2.17. The molecular formula is C17H13ClF3NO4. The van der Waals surface area contributed by atoms with Crippen LogP contribution < -0.4 is 5.32 Å². The van der Waals surface area contributed by atoms with Crippen LogP contribution in [0, 0.1) is 0 Å². The second-order valence-electron chi connectivity index (χ2n) is 5.24. The fourth-order valence-electron chi connectivity index (χ4n) is 2.03. The first-order chi connectivity index (χ1) is 12.1. The molecule has 0 bridgehead atoms. The molecule has 1 atom stereocenters. The van der Waals surface area contributed by atoms with Crippen LogP contribution in [0.2, 0.25) is 5.02 Å². The summed E-state index contributed by atoms with van der Waals surface area (Å²) in [5.41, 5.74) is -1.71. The van der Waals surface area contributed by atoms with Crippen molar-refractivity contribution >= 4 is 29.2 Å². The maximum atomic E-state index is 12.9. The number of ether oxygens (including phenoxy) is 1. The van der Waals surface area contributed by atoms with Gasteiger partial charge in [0.05, 0.1) is 11.3 Å². The van der Waals surface area contributed by atoms with Gasteiger partial charge in [-0.05, 0) is 37.3 Å². The number of halogens is 4. The Morgan fingerprint density at radius 3 is 2.46 bits per heavy atom. The molecule has 0 aromatic heterocycles. The number of rotatable bonds is 4. The van der Waals surface area contributed by atoms with Gasteiger partial charge in [-0.3, -0.25) is 4.79 Å². The van der Waals surface area contributed by atoms with Gasteiger partial charge in [-0.25, -0.2) is 4.79 Å². The quantitative estimate of drug-likeness (QED) is 0.769. The number of hydrogen-bond acceptors (Lipinski definition) is 4. The maximum Gasteiger partial charge on any atom is 0.418 e. The maximum absolute atomic E-state index is 12.9. The molecule has 5 nitrogen and oxygen atoms in total. The summed E-state index contributed by atoms with van der Waals surface area (Å²) in [6.07, 6.45) is -6.06. The number of alkyl halides is 3. The van der Waals surface area contributed by atoms with Gasteiger partial charge in [-0.2, -0.15) is 13.2 Å². The Labute approximate surface area is 151 Å². The van der Waals surface area contributed by atoms with Gasteiger partial charge in [0.2, 0.25) is 0 Å². The fourth-order valence-corrected chi connectivity index (χ4v) is 2.19. The molecule has 0 spiro atoms. The van der Waals surface area contributed by atoms with Crippen LogP contribution in [-0.2, 0) is 15.7 Å². The minimum atomic E-state index is -4.65. The van der Waals surface area contributed by atoms with Crippen molar-refractivity contribution in [3.8, 4) is 5.75 Å². The molecule has 2 rings (SSSR count). The molecular weight excluding hydrogens is 375 g/mol. The van der Waals surface area contributed by atoms with E-state index in [0.29, 0.717) is 0 Å². The van der Waals surface area contributed by atoms with Crippen molar-refractivity contribution in [1.82, 2.24) is 0 Å². The number of amides is 1. The monoisotopic (exact) mass is 387 g/mol. The summed E-state index contributed by atoms with van der Waals surface area (Å²) in [5, 5.41) is 11.9. The minimum absolute atomic E-state index is 0.189. The van der Waals surface area contributed by atoms with Crippen LogP contribution in [0.25, 0.3) is 0 Å². The molecule has 2 aromatic rings. The van der Waals surface area contributed by atoms with Crippen molar-refractivity contribution < 1.29 is 32.6 Å². The van der Waals surface area contributed by atoms with Crippen molar-refractivity contribution in [2.75, 3.05) is 5.32 Å². The Bertz CT molecular complexity index is 839. The Kier molecular flexibility index (Phi) is 5.76. The van der Waals surface area contributed by atoms with Crippen LogP contribution in [0.4, 0.5) is 18.9 Å². The molecule has 138 valence electrons. The molecule has 0 unspecified atom stereocenters. The summed E-state index contributed by atoms with van der Waals surface area (Å²) in [6.45, 7) is 1.19. The molecule has 0 aliphatic rings. The molecule has 2 aromatic carbocycles. The second kappa shape index (κ2) is 7.65. The highest BCUT2D eigenvalue weighted by Crippen LogP contribution is 2.34. The van der Waals surface area contributed by atoms with E-state index in [1.807, 2.05) is 0 Å². The van der Waals surface area contributed by atoms with E-state index in [0.717, 1.165) is 18.2 Å². The number of phenolic OH excluding ortho intramolecular Hbond substituents is 1. The molecule has 0 heterocycles. The molecule has 0 aliphatic carbocycles. The molecule has 9 heteroatoms. The number of aromatic hydroxyl groups is 1. The molecule has 0 radical (unpaired) electrons. The first-order valence-electron chi connectivity index (χ1n) is 7.26. The lowest BCUT2D eigenvalue weighted by Crippen LogP contribution is -2.30. The van der Waals surface area contributed by atoms with E-state index in [1.54, 1.807) is 0 Å². The standard InChI is InChI=1S/C17H13ClF3NO4/c1-9(26-16(25)11-7-6-10(18)8-14(11)23)15(24)22-13-5-3-2-4-12(13)17(19,20)21/h2-9,23H,1H3,(H,22,24)/t9-/m1/s1. The summed E-state index contributed by atoms with van der Waals surface area (Å²) in [4.78, 5) is 24.0. The zero-order valence-electron chi connectivity index (χ0n) is 13.3. The lowest BCUT2D eigenvalue weighted by molar-refractivity contribution is -0.137. The predicted molar refractivity (Wildman–Crippen MR) is 88.1 cm³/mol. The third-order valence-electron chi connectivity index (χ3n) is 3.32. The van der Waals surface area contributed by atoms with Crippen LogP contribution in [0.1, 0.15) is 22.8 Å². The number of carbonyl (C=O) groups excluding carboxylic acids is 2. The summed E-state index contributed by atoms with van der Waals surface area (Å²) in [6, 6.07) is 8.06. The molecule has 1 amide bonds. The van der Waals surface area contributed by atoms with E-state index < -0.39 is 41.2 Å².